The highest BCUT2D eigenvalue weighted by atomic mass is 16.3. The van der Waals surface area contributed by atoms with Crippen LogP contribution in [0.2, 0.25) is 0 Å². The minimum atomic E-state index is -0.0550. The van der Waals surface area contributed by atoms with E-state index >= 15 is 0 Å². The van der Waals surface area contributed by atoms with E-state index < -0.39 is 0 Å². The number of hydrogen-bond acceptors (Lipinski definition) is 3. The van der Waals surface area contributed by atoms with Crippen LogP contribution in [-0.2, 0) is 11.3 Å². The molecule has 2 rings (SSSR count). The van der Waals surface area contributed by atoms with Gasteiger partial charge in [0.25, 0.3) is 0 Å². The SMILES string of the molecule is Cc1ccccc1CNC(=O)CN(CCO)c1ccccc1. The highest BCUT2D eigenvalue weighted by molar-refractivity contribution is 5.81. The number of para-hydroxylation sites is 1. The second-order valence-electron chi connectivity index (χ2n) is 5.18. The summed E-state index contributed by atoms with van der Waals surface area (Å²) in [4.78, 5) is 14.0. The molecule has 0 aliphatic heterocycles. The summed E-state index contributed by atoms with van der Waals surface area (Å²) in [6, 6.07) is 17.6. The van der Waals surface area contributed by atoms with Crippen LogP contribution < -0.4 is 10.2 Å². The topological polar surface area (TPSA) is 52.6 Å². The molecule has 0 saturated heterocycles. The molecule has 2 aromatic rings. The van der Waals surface area contributed by atoms with Gasteiger partial charge in [0.15, 0.2) is 0 Å². The molecule has 0 aliphatic rings. The maximum absolute atomic E-state index is 12.2. The molecule has 0 saturated carbocycles. The van der Waals surface area contributed by atoms with Crippen LogP contribution in [0.1, 0.15) is 11.1 Å². The van der Waals surface area contributed by atoms with Gasteiger partial charge in [-0.2, -0.15) is 0 Å². The molecule has 0 aliphatic carbocycles. The van der Waals surface area contributed by atoms with Crippen molar-refractivity contribution in [3.8, 4) is 0 Å². The van der Waals surface area contributed by atoms with Crippen LogP contribution in [-0.4, -0.2) is 30.7 Å². The van der Waals surface area contributed by atoms with E-state index in [9.17, 15) is 9.90 Å². The van der Waals surface area contributed by atoms with Crippen LogP contribution >= 0.6 is 0 Å². The van der Waals surface area contributed by atoms with Crippen LogP contribution in [0.25, 0.3) is 0 Å². The first-order valence-corrected chi connectivity index (χ1v) is 7.43. The van der Waals surface area contributed by atoms with E-state index in [0.717, 1.165) is 16.8 Å². The zero-order chi connectivity index (χ0) is 15.8. The number of rotatable bonds is 7. The molecular formula is C18H22N2O2. The van der Waals surface area contributed by atoms with E-state index in [1.54, 1.807) is 0 Å². The van der Waals surface area contributed by atoms with Gasteiger partial charge in [0.1, 0.15) is 0 Å². The number of aliphatic hydroxyl groups excluding tert-OH is 1. The average Bonchev–Trinajstić information content (AvgIpc) is 2.54. The van der Waals surface area contributed by atoms with Crippen LogP contribution in [0.3, 0.4) is 0 Å². The lowest BCUT2D eigenvalue weighted by molar-refractivity contribution is -0.119. The van der Waals surface area contributed by atoms with E-state index in [1.165, 1.54) is 0 Å². The van der Waals surface area contributed by atoms with Gasteiger partial charge in [0, 0.05) is 18.8 Å². The van der Waals surface area contributed by atoms with E-state index in [-0.39, 0.29) is 19.1 Å². The minimum Gasteiger partial charge on any atom is -0.395 e. The summed E-state index contributed by atoms with van der Waals surface area (Å²) in [5.74, 6) is -0.0550. The van der Waals surface area contributed by atoms with Crippen molar-refractivity contribution in [3.05, 3.63) is 65.7 Å². The molecule has 0 radical (unpaired) electrons. The summed E-state index contributed by atoms with van der Waals surface area (Å²) in [7, 11) is 0. The molecule has 22 heavy (non-hydrogen) atoms. The van der Waals surface area contributed by atoms with E-state index in [2.05, 4.69) is 5.32 Å². The molecular weight excluding hydrogens is 276 g/mol. The third kappa shape index (κ3) is 4.60. The highest BCUT2D eigenvalue weighted by Crippen LogP contribution is 2.12. The Morgan fingerprint density at radius 1 is 1.09 bits per heavy atom. The first-order chi connectivity index (χ1) is 10.7. The van der Waals surface area contributed by atoms with E-state index in [0.29, 0.717) is 13.1 Å². The average molecular weight is 298 g/mol. The lowest BCUT2D eigenvalue weighted by atomic mass is 10.1. The first kappa shape index (κ1) is 16.0. The number of nitrogens with one attached hydrogen (secondary N) is 1. The molecule has 116 valence electrons. The fraction of sp³-hybridized carbons (Fsp3) is 0.278. The predicted octanol–water partition coefficient (Wildman–Crippen LogP) is 2.11. The number of carbonyl (C=O) groups is 1. The highest BCUT2D eigenvalue weighted by Gasteiger charge is 2.11. The number of hydrogen-bond donors (Lipinski definition) is 2. The summed E-state index contributed by atoms with van der Waals surface area (Å²) in [5.41, 5.74) is 3.21. The van der Waals surface area contributed by atoms with Crippen LogP contribution in [0, 0.1) is 6.92 Å². The number of aliphatic hydroxyl groups is 1. The molecule has 0 heterocycles. The second-order valence-corrected chi connectivity index (χ2v) is 5.18. The minimum absolute atomic E-state index is 0.0139. The first-order valence-electron chi connectivity index (χ1n) is 7.43. The van der Waals surface area contributed by atoms with Gasteiger partial charge < -0.3 is 15.3 Å². The zero-order valence-corrected chi connectivity index (χ0v) is 12.8. The third-order valence-electron chi connectivity index (χ3n) is 3.56. The quantitative estimate of drug-likeness (QED) is 0.823. The summed E-state index contributed by atoms with van der Waals surface area (Å²) in [6.07, 6.45) is 0. The van der Waals surface area contributed by atoms with Crippen molar-refractivity contribution >= 4 is 11.6 Å². The maximum atomic E-state index is 12.2. The maximum Gasteiger partial charge on any atom is 0.239 e. The Hall–Kier alpha value is -2.33. The van der Waals surface area contributed by atoms with Gasteiger partial charge in [0.2, 0.25) is 5.91 Å². The zero-order valence-electron chi connectivity index (χ0n) is 12.8. The largest absolute Gasteiger partial charge is 0.395 e. The van der Waals surface area contributed by atoms with Gasteiger partial charge in [-0.25, -0.2) is 0 Å². The van der Waals surface area contributed by atoms with Crippen molar-refractivity contribution in [1.29, 1.82) is 0 Å². The van der Waals surface area contributed by atoms with Crippen molar-refractivity contribution in [3.63, 3.8) is 0 Å². The Labute approximate surface area is 131 Å². The fourth-order valence-electron chi connectivity index (χ4n) is 2.29. The normalized spacial score (nSPS) is 10.3. The Morgan fingerprint density at radius 3 is 2.45 bits per heavy atom. The van der Waals surface area contributed by atoms with E-state index in [1.807, 2.05) is 66.4 Å². The number of carbonyl (C=O) groups excluding carboxylic acids is 1. The third-order valence-corrected chi connectivity index (χ3v) is 3.56. The van der Waals surface area contributed by atoms with Crippen molar-refractivity contribution in [1.82, 2.24) is 5.32 Å². The standard InChI is InChI=1S/C18H22N2O2/c1-15-7-5-6-8-16(15)13-19-18(22)14-20(11-12-21)17-9-3-2-4-10-17/h2-10,21H,11-14H2,1H3,(H,19,22). The van der Waals surface area contributed by atoms with Crippen molar-refractivity contribution < 1.29 is 9.90 Å². The fourth-order valence-corrected chi connectivity index (χ4v) is 2.29. The second kappa shape index (κ2) is 8.20. The van der Waals surface area contributed by atoms with Gasteiger partial charge in [-0.1, -0.05) is 42.5 Å². The molecule has 0 spiro atoms. The molecule has 0 aromatic heterocycles. The van der Waals surface area contributed by atoms with Crippen LogP contribution in [0.4, 0.5) is 5.69 Å². The Kier molecular flexibility index (Phi) is 5.98. The Bertz CT molecular complexity index is 599. The predicted molar refractivity (Wildman–Crippen MR) is 88.8 cm³/mol. The van der Waals surface area contributed by atoms with Crippen LogP contribution in [0.5, 0.6) is 0 Å². The van der Waals surface area contributed by atoms with Gasteiger partial charge >= 0.3 is 0 Å². The van der Waals surface area contributed by atoms with E-state index in [4.69, 9.17) is 0 Å². The number of benzene rings is 2. The molecule has 2 N–H and O–H groups in total. The molecule has 0 bridgehead atoms. The number of anilines is 1. The van der Waals surface area contributed by atoms with Crippen molar-refractivity contribution in [2.24, 2.45) is 0 Å². The molecule has 0 atom stereocenters. The Morgan fingerprint density at radius 2 is 1.77 bits per heavy atom. The van der Waals surface area contributed by atoms with Crippen molar-refractivity contribution in [2.45, 2.75) is 13.5 Å². The molecule has 1 amide bonds. The molecule has 0 fully saturated rings. The summed E-state index contributed by atoms with van der Waals surface area (Å²) >= 11 is 0. The molecule has 4 heteroatoms. The van der Waals surface area contributed by atoms with Gasteiger partial charge in [0.05, 0.1) is 13.2 Å². The lowest BCUT2D eigenvalue weighted by Gasteiger charge is -2.23. The van der Waals surface area contributed by atoms with Gasteiger partial charge in [-0.3, -0.25) is 4.79 Å². The summed E-state index contributed by atoms with van der Waals surface area (Å²) in [5, 5.41) is 12.1. The number of aryl methyl sites for hydroxylation is 1. The summed E-state index contributed by atoms with van der Waals surface area (Å²) in [6.45, 7) is 3.23. The monoisotopic (exact) mass is 298 g/mol. The molecule has 4 nitrogen and oxygen atoms in total. The number of nitrogens with zero attached hydrogens (tertiary/aromatic N) is 1. The summed E-state index contributed by atoms with van der Waals surface area (Å²) < 4.78 is 0. The van der Waals surface area contributed by atoms with Crippen molar-refractivity contribution in [2.75, 3.05) is 24.6 Å². The van der Waals surface area contributed by atoms with Gasteiger partial charge in [-0.05, 0) is 30.2 Å². The van der Waals surface area contributed by atoms with Gasteiger partial charge in [-0.15, -0.1) is 0 Å². The Balaban J connectivity index is 1.93. The smallest absolute Gasteiger partial charge is 0.239 e. The lowest BCUT2D eigenvalue weighted by Crippen LogP contribution is -2.38. The van der Waals surface area contributed by atoms with Crippen LogP contribution in [0.15, 0.2) is 54.6 Å². The molecule has 2 aromatic carbocycles. The number of amides is 1. The molecule has 0 unspecified atom stereocenters.